The van der Waals surface area contributed by atoms with Crippen LogP contribution in [-0.2, 0) is 14.3 Å². The molecule has 9 heteroatoms. The smallest absolute Gasteiger partial charge is 0.331 e. The zero-order valence-corrected chi connectivity index (χ0v) is 12.9. The van der Waals surface area contributed by atoms with Crippen LogP contribution in [0, 0.1) is 10.1 Å². The van der Waals surface area contributed by atoms with Gasteiger partial charge >= 0.3 is 5.97 Å². The normalized spacial score (nSPS) is 10.5. The lowest BCUT2D eigenvalue weighted by atomic mass is 10.3. The van der Waals surface area contributed by atoms with Gasteiger partial charge in [-0.1, -0.05) is 11.6 Å². The molecule has 0 aliphatic rings. The molecule has 0 aliphatic carbocycles. The van der Waals surface area contributed by atoms with E-state index in [0.717, 1.165) is 12.1 Å². The fraction of sp³-hybridized carbons (Fsp3) is 0.0667. The minimum absolute atomic E-state index is 0.0486. The predicted molar refractivity (Wildman–Crippen MR) is 85.4 cm³/mol. The van der Waals surface area contributed by atoms with Gasteiger partial charge in [-0.25, -0.2) is 4.79 Å². The standard InChI is InChI=1S/C15H11ClN2O6/c16-12-5-3-10(8-13(12)18(21)22)17-14(19)9-24-15(20)6-4-11-2-1-7-23-11/h1-8H,9H2,(H,17,19)/b6-4+. The molecule has 2 aromatic rings. The average Bonchev–Trinajstić information content (AvgIpc) is 3.06. The molecule has 124 valence electrons. The molecule has 2 rings (SSSR count). The van der Waals surface area contributed by atoms with E-state index in [1.165, 1.54) is 24.5 Å². The minimum atomic E-state index is -0.733. The molecule has 0 spiro atoms. The van der Waals surface area contributed by atoms with Crippen molar-refractivity contribution in [2.45, 2.75) is 0 Å². The number of nitro groups is 1. The molecule has 1 amide bonds. The van der Waals surface area contributed by atoms with Crippen molar-refractivity contribution in [3.05, 3.63) is 63.6 Å². The Morgan fingerprint density at radius 1 is 1.38 bits per heavy atom. The number of halogens is 1. The summed E-state index contributed by atoms with van der Waals surface area (Å²) in [4.78, 5) is 33.2. The molecule has 0 aliphatic heterocycles. The Morgan fingerprint density at radius 3 is 2.83 bits per heavy atom. The third-order valence-electron chi connectivity index (χ3n) is 2.70. The highest BCUT2D eigenvalue weighted by molar-refractivity contribution is 6.32. The van der Waals surface area contributed by atoms with Crippen LogP contribution in [0.5, 0.6) is 0 Å². The fourth-order valence-corrected chi connectivity index (χ4v) is 1.84. The topological polar surface area (TPSA) is 112 Å². The van der Waals surface area contributed by atoms with Crippen LogP contribution in [0.4, 0.5) is 11.4 Å². The molecule has 1 heterocycles. The Hall–Kier alpha value is -3.13. The first-order valence-corrected chi connectivity index (χ1v) is 6.95. The van der Waals surface area contributed by atoms with Gasteiger partial charge in [0.1, 0.15) is 10.8 Å². The van der Waals surface area contributed by atoms with E-state index in [2.05, 4.69) is 5.32 Å². The third-order valence-corrected chi connectivity index (χ3v) is 3.02. The summed E-state index contributed by atoms with van der Waals surface area (Å²) >= 11 is 5.67. The van der Waals surface area contributed by atoms with Crippen LogP contribution >= 0.6 is 11.6 Å². The van der Waals surface area contributed by atoms with E-state index < -0.39 is 23.4 Å². The molecule has 1 aromatic heterocycles. The Labute approximate surface area is 140 Å². The first-order chi connectivity index (χ1) is 11.5. The molecule has 8 nitrogen and oxygen atoms in total. The van der Waals surface area contributed by atoms with E-state index in [1.807, 2.05) is 0 Å². The number of rotatable bonds is 6. The number of carbonyl (C=O) groups is 2. The second-order valence-electron chi connectivity index (χ2n) is 4.43. The number of nitrogens with zero attached hydrogens (tertiary/aromatic N) is 1. The van der Waals surface area contributed by atoms with Crippen molar-refractivity contribution < 1.29 is 23.7 Å². The second kappa shape index (κ2) is 7.93. The maximum absolute atomic E-state index is 11.7. The van der Waals surface area contributed by atoms with Crippen molar-refractivity contribution in [2.75, 3.05) is 11.9 Å². The number of nitrogens with one attached hydrogen (secondary N) is 1. The molecule has 0 atom stereocenters. The van der Waals surface area contributed by atoms with Crippen molar-refractivity contribution in [1.82, 2.24) is 0 Å². The van der Waals surface area contributed by atoms with Gasteiger partial charge in [0.25, 0.3) is 11.6 Å². The third kappa shape index (κ3) is 4.96. The molecular weight excluding hydrogens is 340 g/mol. The van der Waals surface area contributed by atoms with Crippen LogP contribution in [0.2, 0.25) is 5.02 Å². The molecule has 0 saturated carbocycles. The monoisotopic (exact) mass is 350 g/mol. The highest BCUT2D eigenvalue weighted by Crippen LogP contribution is 2.27. The van der Waals surface area contributed by atoms with E-state index >= 15 is 0 Å². The van der Waals surface area contributed by atoms with Gasteiger partial charge in [0.2, 0.25) is 0 Å². The molecule has 0 bridgehead atoms. The molecule has 0 saturated heterocycles. The number of benzene rings is 1. The van der Waals surface area contributed by atoms with Gasteiger partial charge in [0.05, 0.1) is 11.2 Å². The SMILES string of the molecule is O=C(COC(=O)/C=C/c1ccco1)Nc1ccc(Cl)c([N+](=O)[O-])c1. The average molecular weight is 351 g/mol. The summed E-state index contributed by atoms with van der Waals surface area (Å²) in [6.07, 6.45) is 3.95. The summed E-state index contributed by atoms with van der Waals surface area (Å²) in [5.41, 5.74) is -0.175. The molecule has 0 unspecified atom stereocenters. The van der Waals surface area contributed by atoms with Gasteiger partial charge in [-0.3, -0.25) is 14.9 Å². The maximum atomic E-state index is 11.7. The number of nitro benzene ring substituents is 1. The van der Waals surface area contributed by atoms with Gasteiger partial charge in [-0.15, -0.1) is 0 Å². The fourth-order valence-electron chi connectivity index (χ4n) is 1.65. The minimum Gasteiger partial charge on any atom is -0.465 e. The summed E-state index contributed by atoms with van der Waals surface area (Å²) in [6, 6.07) is 7.09. The van der Waals surface area contributed by atoms with E-state index in [4.69, 9.17) is 20.8 Å². The number of ether oxygens (including phenoxy) is 1. The first-order valence-electron chi connectivity index (χ1n) is 6.58. The largest absolute Gasteiger partial charge is 0.465 e. The lowest BCUT2D eigenvalue weighted by molar-refractivity contribution is -0.384. The van der Waals surface area contributed by atoms with E-state index in [1.54, 1.807) is 12.1 Å². The molecule has 24 heavy (non-hydrogen) atoms. The molecular formula is C15H11ClN2O6. The number of hydrogen-bond acceptors (Lipinski definition) is 6. The van der Waals surface area contributed by atoms with E-state index in [-0.39, 0.29) is 16.4 Å². The molecule has 1 N–H and O–H groups in total. The van der Waals surface area contributed by atoms with Crippen molar-refractivity contribution in [1.29, 1.82) is 0 Å². The van der Waals surface area contributed by atoms with Gasteiger partial charge in [-0.2, -0.15) is 0 Å². The summed E-state index contributed by atoms with van der Waals surface area (Å²) in [5.74, 6) is -0.917. The Kier molecular flexibility index (Phi) is 5.69. The number of carbonyl (C=O) groups excluding carboxylic acids is 2. The van der Waals surface area contributed by atoms with Crippen molar-refractivity contribution >= 4 is 40.9 Å². The van der Waals surface area contributed by atoms with Gasteiger partial charge in [0, 0.05) is 17.8 Å². The number of amides is 1. The van der Waals surface area contributed by atoms with Crippen LogP contribution in [0.25, 0.3) is 6.08 Å². The first kappa shape index (κ1) is 17.2. The zero-order chi connectivity index (χ0) is 17.5. The van der Waals surface area contributed by atoms with E-state index in [0.29, 0.717) is 5.76 Å². The predicted octanol–water partition coefficient (Wildman–Crippen LogP) is 3.04. The number of esters is 1. The summed E-state index contributed by atoms with van der Waals surface area (Å²) < 4.78 is 9.73. The lowest BCUT2D eigenvalue weighted by Crippen LogP contribution is -2.20. The second-order valence-corrected chi connectivity index (χ2v) is 4.84. The van der Waals surface area contributed by atoms with Crippen LogP contribution in [0.3, 0.4) is 0 Å². The Balaban J connectivity index is 1.86. The molecule has 1 aromatic carbocycles. The van der Waals surface area contributed by atoms with E-state index in [9.17, 15) is 19.7 Å². The van der Waals surface area contributed by atoms with Crippen LogP contribution < -0.4 is 5.32 Å². The number of anilines is 1. The molecule has 0 fully saturated rings. The number of hydrogen-bond donors (Lipinski definition) is 1. The van der Waals surface area contributed by atoms with Crippen LogP contribution in [-0.4, -0.2) is 23.4 Å². The maximum Gasteiger partial charge on any atom is 0.331 e. The summed E-state index contributed by atoms with van der Waals surface area (Å²) in [6.45, 7) is -0.544. The molecule has 0 radical (unpaired) electrons. The van der Waals surface area contributed by atoms with Crippen LogP contribution in [0.15, 0.2) is 47.1 Å². The number of furan rings is 1. The summed E-state index contributed by atoms with van der Waals surface area (Å²) in [7, 11) is 0. The lowest BCUT2D eigenvalue weighted by Gasteiger charge is -2.05. The summed E-state index contributed by atoms with van der Waals surface area (Å²) in [5, 5.41) is 13.1. The highest BCUT2D eigenvalue weighted by atomic mass is 35.5. The highest BCUT2D eigenvalue weighted by Gasteiger charge is 2.14. The Morgan fingerprint density at radius 2 is 2.17 bits per heavy atom. The van der Waals surface area contributed by atoms with Gasteiger partial charge < -0.3 is 14.5 Å². The van der Waals surface area contributed by atoms with Gasteiger partial charge in [-0.05, 0) is 30.3 Å². The van der Waals surface area contributed by atoms with Gasteiger partial charge in [0.15, 0.2) is 6.61 Å². The van der Waals surface area contributed by atoms with Crippen molar-refractivity contribution in [3.8, 4) is 0 Å². The van der Waals surface area contributed by atoms with Crippen molar-refractivity contribution in [3.63, 3.8) is 0 Å². The van der Waals surface area contributed by atoms with Crippen molar-refractivity contribution in [2.24, 2.45) is 0 Å². The Bertz CT molecular complexity index is 785. The quantitative estimate of drug-likeness (QED) is 0.371. The zero-order valence-electron chi connectivity index (χ0n) is 12.1. The van der Waals surface area contributed by atoms with Crippen LogP contribution in [0.1, 0.15) is 5.76 Å².